The van der Waals surface area contributed by atoms with E-state index in [-0.39, 0.29) is 17.9 Å². The fourth-order valence-corrected chi connectivity index (χ4v) is 1.25. The van der Waals surface area contributed by atoms with Gasteiger partial charge in [-0.1, -0.05) is 0 Å². The number of carbonyl (C=O) groups is 2. The molecule has 2 N–H and O–H groups in total. The predicted octanol–water partition coefficient (Wildman–Crippen LogP) is 0.442. The molecule has 5 heteroatoms. The lowest BCUT2D eigenvalue weighted by Gasteiger charge is -2.18. The first kappa shape index (κ1) is 14.9. The average molecular weight is 230 g/mol. The number of hydrogen-bond donors (Lipinski definition) is 2. The molecule has 0 fully saturated rings. The molecule has 0 heterocycles. The van der Waals surface area contributed by atoms with Crippen LogP contribution in [0.25, 0.3) is 0 Å². The maximum absolute atomic E-state index is 11.7. The molecule has 0 rings (SSSR count). The standard InChI is InChI=1S/C11H22N2O3/c1-5-16-10(6-7-12-9(4)14)11(15)13-8(2)3/h8,10H,5-7H2,1-4H3,(H,12,14)(H,13,15)/t10-/m0/s1. The van der Waals surface area contributed by atoms with E-state index in [4.69, 9.17) is 4.74 Å². The Hall–Kier alpha value is -1.10. The van der Waals surface area contributed by atoms with Crippen LogP contribution in [0.3, 0.4) is 0 Å². The smallest absolute Gasteiger partial charge is 0.249 e. The van der Waals surface area contributed by atoms with Gasteiger partial charge in [-0.2, -0.15) is 0 Å². The Labute approximate surface area is 96.9 Å². The fourth-order valence-electron chi connectivity index (χ4n) is 1.25. The third-order valence-corrected chi connectivity index (χ3v) is 1.87. The van der Waals surface area contributed by atoms with Gasteiger partial charge < -0.3 is 15.4 Å². The number of ether oxygens (including phenoxy) is 1. The van der Waals surface area contributed by atoms with Crippen molar-refractivity contribution in [2.75, 3.05) is 13.2 Å². The fraction of sp³-hybridized carbons (Fsp3) is 0.818. The van der Waals surface area contributed by atoms with E-state index >= 15 is 0 Å². The van der Waals surface area contributed by atoms with Gasteiger partial charge in [0, 0.05) is 26.1 Å². The van der Waals surface area contributed by atoms with Crippen molar-refractivity contribution >= 4 is 11.8 Å². The van der Waals surface area contributed by atoms with Crippen molar-refractivity contribution in [3.8, 4) is 0 Å². The van der Waals surface area contributed by atoms with Crippen molar-refractivity contribution in [1.29, 1.82) is 0 Å². The first-order chi connectivity index (χ1) is 7.47. The molecular weight excluding hydrogens is 208 g/mol. The lowest BCUT2D eigenvalue weighted by atomic mass is 10.2. The SMILES string of the molecule is CCO[C@@H](CCNC(C)=O)C(=O)NC(C)C. The average Bonchev–Trinajstić information content (AvgIpc) is 2.14. The molecule has 1 atom stereocenters. The molecule has 0 aliphatic carbocycles. The van der Waals surface area contributed by atoms with Gasteiger partial charge in [0.2, 0.25) is 11.8 Å². The number of carbonyl (C=O) groups excluding carboxylic acids is 2. The Kier molecular flexibility index (Phi) is 7.54. The highest BCUT2D eigenvalue weighted by Gasteiger charge is 2.18. The third kappa shape index (κ3) is 7.23. The molecule has 16 heavy (non-hydrogen) atoms. The summed E-state index contributed by atoms with van der Waals surface area (Å²) in [4.78, 5) is 22.3. The van der Waals surface area contributed by atoms with Crippen LogP contribution in [0.5, 0.6) is 0 Å². The maximum Gasteiger partial charge on any atom is 0.249 e. The van der Waals surface area contributed by atoms with E-state index in [2.05, 4.69) is 10.6 Å². The molecule has 0 aromatic carbocycles. The van der Waals surface area contributed by atoms with Gasteiger partial charge in [-0.3, -0.25) is 9.59 Å². The van der Waals surface area contributed by atoms with Gasteiger partial charge in [0.1, 0.15) is 6.10 Å². The van der Waals surface area contributed by atoms with E-state index in [0.29, 0.717) is 19.6 Å². The second-order valence-electron chi connectivity index (χ2n) is 3.88. The molecule has 0 aliphatic heterocycles. The lowest BCUT2D eigenvalue weighted by Crippen LogP contribution is -2.41. The highest BCUT2D eigenvalue weighted by atomic mass is 16.5. The molecule has 0 saturated carbocycles. The summed E-state index contributed by atoms with van der Waals surface area (Å²) in [5, 5.41) is 5.43. The molecule has 94 valence electrons. The van der Waals surface area contributed by atoms with Gasteiger partial charge in [0.05, 0.1) is 0 Å². The molecule has 0 radical (unpaired) electrons. The molecule has 0 unspecified atom stereocenters. The summed E-state index contributed by atoms with van der Waals surface area (Å²) in [6, 6.07) is 0.0937. The van der Waals surface area contributed by atoms with E-state index in [0.717, 1.165) is 0 Å². The van der Waals surface area contributed by atoms with Crippen LogP contribution in [0.15, 0.2) is 0 Å². The van der Waals surface area contributed by atoms with Gasteiger partial charge in [0.15, 0.2) is 0 Å². The van der Waals surface area contributed by atoms with E-state index in [1.54, 1.807) is 0 Å². The largest absolute Gasteiger partial charge is 0.369 e. The number of amides is 2. The van der Waals surface area contributed by atoms with Crippen LogP contribution >= 0.6 is 0 Å². The minimum absolute atomic E-state index is 0.0937. The van der Waals surface area contributed by atoms with Crippen LogP contribution in [0.4, 0.5) is 0 Å². The van der Waals surface area contributed by atoms with Crippen molar-refractivity contribution in [3.05, 3.63) is 0 Å². The Balaban J connectivity index is 4.04. The van der Waals surface area contributed by atoms with Crippen molar-refractivity contribution in [3.63, 3.8) is 0 Å². The van der Waals surface area contributed by atoms with Gasteiger partial charge in [-0.25, -0.2) is 0 Å². The van der Waals surface area contributed by atoms with Gasteiger partial charge in [-0.15, -0.1) is 0 Å². The molecule has 2 amide bonds. The zero-order valence-corrected chi connectivity index (χ0v) is 10.5. The summed E-state index contributed by atoms with van der Waals surface area (Å²) in [6.07, 6.45) is 0.00523. The maximum atomic E-state index is 11.7. The predicted molar refractivity (Wildman–Crippen MR) is 62.0 cm³/mol. The van der Waals surface area contributed by atoms with Crippen LogP contribution in [-0.2, 0) is 14.3 Å². The molecular formula is C11H22N2O3. The van der Waals surface area contributed by atoms with Gasteiger partial charge in [-0.05, 0) is 27.2 Å². The molecule has 0 saturated heterocycles. The summed E-state index contributed by atoms with van der Waals surface area (Å²) in [7, 11) is 0. The number of nitrogens with one attached hydrogen (secondary N) is 2. The van der Waals surface area contributed by atoms with Gasteiger partial charge >= 0.3 is 0 Å². The second kappa shape index (κ2) is 8.10. The quantitative estimate of drug-likeness (QED) is 0.667. The van der Waals surface area contributed by atoms with Crippen LogP contribution in [0.2, 0.25) is 0 Å². The topological polar surface area (TPSA) is 67.4 Å². The van der Waals surface area contributed by atoms with Crippen molar-refractivity contribution in [2.45, 2.75) is 46.3 Å². The number of rotatable bonds is 7. The minimum Gasteiger partial charge on any atom is -0.369 e. The zero-order valence-electron chi connectivity index (χ0n) is 10.5. The van der Waals surface area contributed by atoms with Crippen LogP contribution in [-0.4, -0.2) is 37.1 Å². The van der Waals surface area contributed by atoms with Crippen molar-refractivity contribution in [2.24, 2.45) is 0 Å². The summed E-state index contributed by atoms with van der Waals surface area (Å²) >= 11 is 0. The van der Waals surface area contributed by atoms with Gasteiger partial charge in [0.25, 0.3) is 0 Å². The summed E-state index contributed by atoms with van der Waals surface area (Å²) in [6.45, 7) is 8.02. The molecule has 0 aromatic rings. The van der Waals surface area contributed by atoms with E-state index in [1.807, 2.05) is 20.8 Å². The van der Waals surface area contributed by atoms with Crippen LogP contribution in [0.1, 0.15) is 34.1 Å². The van der Waals surface area contributed by atoms with Crippen LogP contribution in [0, 0.1) is 0 Å². The molecule has 0 aliphatic rings. The first-order valence-electron chi connectivity index (χ1n) is 5.63. The molecule has 0 aromatic heterocycles. The Bertz CT molecular complexity index is 229. The number of hydrogen-bond acceptors (Lipinski definition) is 3. The minimum atomic E-state index is -0.487. The van der Waals surface area contributed by atoms with Crippen molar-refractivity contribution < 1.29 is 14.3 Å². The Morgan fingerprint density at radius 1 is 1.31 bits per heavy atom. The molecule has 5 nitrogen and oxygen atoms in total. The highest BCUT2D eigenvalue weighted by Crippen LogP contribution is 1.99. The van der Waals surface area contributed by atoms with E-state index < -0.39 is 6.10 Å². The highest BCUT2D eigenvalue weighted by molar-refractivity contribution is 5.81. The molecule has 0 spiro atoms. The normalized spacial score (nSPS) is 12.3. The summed E-state index contributed by atoms with van der Waals surface area (Å²) in [5.41, 5.74) is 0. The van der Waals surface area contributed by atoms with E-state index in [1.165, 1.54) is 6.92 Å². The summed E-state index contributed by atoms with van der Waals surface area (Å²) in [5.74, 6) is -0.221. The zero-order chi connectivity index (χ0) is 12.6. The monoisotopic (exact) mass is 230 g/mol. The Morgan fingerprint density at radius 3 is 2.38 bits per heavy atom. The second-order valence-corrected chi connectivity index (χ2v) is 3.88. The van der Waals surface area contributed by atoms with E-state index in [9.17, 15) is 9.59 Å². The first-order valence-corrected chi connectivity index (χ1v) is 5.63. The van der Waals surface area contributed by atoms with Crippen molar-refractivity contribution in [1.82, 2.24) is 10.6 Å². The Morgan fingerprint density at radius 2 is 1.94 bits per heavy atom. The molecule has 0 bridgehead atoms. The third-order valence-electron chi connectivity index (χ3n) is 1.87. The van der Waals surface area contributed by atoms with Crippen LogP contribution < -0.4 is 10.6 Å². The lowest BCUT2D eigenvalue weighted by molar-refractivity contribution is -0.133. The summed E-state index contributed by atoms with van der Waals surface area (Å²) < 4.78 is 5.32.